The minimum atomic E-state index is -0.563. The van der Waals surface area contributed by atoms with Gasteiger partial charge in [-0.2, -0.15) is 0 Å². The molecule has 5 heteroatoms. The Morgan fingerprint density at radius 1 is 1.12 bits per heavy atom. The second kappa shape index (κ2) is 7.62. The molecule has 1 amide bonds. The average Bonchev–Trinajstić information content (AvgIpc) is 2.48. The van der Waals surface area contributed by atoms with E-state index < -0.39 is 17.7 Å². The third-order valence-electron chi connectivity index (χ3n) is 3.67. The predicted octanol–water partition coefficient (Wildman–Crippen LogP) is 4.92. The lowest BCUT2D eigenvalue weighted by molar-refractivity contribution is -0.0179. The van der Waals surface area contributed by atoms with Crippen LogP contribution in [0.3, 0.4) is 0 Å². The Morgan fingerprint density at radius 2 is 1.77 bits per heavy atom. The quantitative estimate of drug-likeness (QED) is 0.842. The zero-order valence-corrected chi connectivity index (χ0v) is 16.8. The normalized spacial score (nSPS) is 13.5. The maximum absolute atomic E-state index is 12.3. The highest BCUT2D eigenvalue weighted by Crippen LogP contribution is 2.23. The van der Waals surface area contributed by atoms with Gasteiger partial charge in [-0.15, -0.1) is 0 Å². The molecule has 1 heterocycles. The number of hydrogen-bond acceptors (Lipinski definition) is 4. The molecule has 1 atom stereocenters. The first-order valence-electron chi connectivity index (χ1n) is 8.94. The number of fused-ring (bicyclic) bond motifs is 1. The summed E-state index contributed by atoms with van der Waals surface area (Å²) in [4.78, 5) is 17.0. The van der Waals surface area contributed by atoms with Gasteiger partial charge in [0.25, 0.3) is 0 Å². The Kier molecular flexibility index (Phi) is 5.91. The molecular weight excluding hydrogens is 328 g/mol. The van der Waals surface area contributed by atoms with Gasteiger partial charge < -0.3 is 14.8 Å². The molecule has 2 rings (SSSR count). The number of nitrogens with one attached hydrogen (secondary N) is 1. The van der Waals surface area contributed by atoms with E-state index in [2.05, 4.69) is 5.32 Å². The van der Waals surface area contributed by atoms with Gasteiger partial charge in [0.05, 0.1) is 29.5 Å². The number of amides is 1. The SMILES string of the molecule is Cc1cc(C(COC(C)(C)C)NC(=O)OC(C)(C)C)nc2ccccc12. The molecule has 0 radical (unpaired) electrons. The lowest BCUT2D eigenvalue weighted by atomic mass is 10.1. The van der Waals surface area contributed by atoms with Crippen LogP contribution in [0, 0.1) is 6.92 Å². The van der Waals surface area contributed by atoms with Crippen molar-refractivity contribution in [2.24, 2.45) is 0 Å². The standard InChI is InChI=1S/C21H30N2O3/c1-14-12-17(22-16-11-9-8-10-15(14)16)18(13-25-20(2,3)4)23-19(24)26-21(5,6)7/h8-12,18H,13H2,1-7H3,(H,23,24). The first kappa shape index (κ1) is 20.2. The van der Waals surface area contributed by atoms with Crippen LogP contribution < -0.4 is 5.32 Å². The van der Waals surface area contributed by atoms with E-state index in [0.29, 0.717) is 6.61 Å². The van der Waals surface area contributed by atoms with Crippen LogP contribution >= 0.6 is 0 Å². The van der Waals surface area contributed by atoms with Gasteiger partial charge in [0.1, 0.15) is 5.60 Å². The summed E-state index contributed by atoms with van der Waals surface area (Å²) in [6.45, 7) is 13.8. The molecule has 0 saturated carbocycles. The fourth-order valence-electron chi connectivity index (χ4n) is 2.54. The van der Waals surface area contributed by atoms with Gasteiger partial charge in [0.2, 0.25) is 0 Å². The molecule has 26 heavy (non-hydrogen) atoms. The number of aromatic nitrogens is 1. The molecule has 1 unspecified atom stereocenters. The first-order valence-corrected chi connectivity index (χ1v) is 8.94. The minimum Gasteiger partial charge on any atom is -0.444 e. The van der Waals surface area contributed by atoms with Crippen molar-refractivity contribution >= 4 is 17.0 Å². The Labute approximate surface area is 156 Å². The molecule has 0 aliphatic carbocycles. The number of nitrogens with zero attached hydrogens (tertiary/aromatic N) is 1. The van der Waals surface area contributed by atoms with Crippen molar-refractivity contribution in [2.75, 3.05) is 6.61 Å². The van der Waals surface area contributed by atoms with Crippen molar-refractivity contribution in [3.8, 4) is 0 Å². The summed E-state index contributed by atoms with van der Waals surface area (Å²) in [5, 5.41) is 4.01. The maximum Gasteiger partial charge on any atom is 0.408 e. The Bertz CT molecular complexity index is 773. The van der Waals surface area contributed by atoms with Gasteiger partial charge in [-0.05, 0) is 66.2 Å². The second-order valence-corrected chi connectivity index (χ2v) is 8.50. The Balaban J connectivity index is 2.32. The predicted molar refractivity (Wildman–Crippen MR) is 104 cm³/mol. The molecule has 1 aromatic heterocycles. The number of hydrogen-bond donors (Lipinski definition) is 1. The van der Waals surface area contributed by atoms with E-state index in [1.165, 1.54) is 0 Å². The van der Waals surface area contributed by atoms with E-state index in [9.17, 15) is 4.79 Å². The van der Waals surface area contributed by atoms with Crippen LogP contribution in [0.25, 0.3) is 10.9 Å². The van der Waals surface area contributed by atoms with E-state index >= 15 is 0 Å². The largest absolute Gasteiger partial charge is 0.444 e. The highest BCUT2D eigenvalue weighted by Gasteiger charge is 2.24. The number of para-hydroxylation sites is 1. The fraction of sp³-hybridized carbons (Fsp3) is 0.524. The summed E-state index contributed by atoms with van der Waals surface area (Å²) in [7, 11) is 0. The van der Waals surface area contributed by atoms with E-state index in [-0.39, 0.29) is 5.60 Å². The lowest BCUT2D eigenvalue weighted by Crippen LogP contribution is -2.38. The number of benzene rings is 1. The lowest BCUT2D eigenvalue weighted by Gasteiger charge is -2.27. The molecule has 142 valence electrons. The highest BCUT2D eigenvalue weighted by molar-refractivity contribution is 5.82. The molecule has 0 aliphatic rings. The van der Waals surface area contributed by atoms with Crippen LogP contribution in [0.5, 0.6) is 0 Å². The van der Waals surface area contributed by atoms with Gasteiger partial charge in [-0.1, -0.05) is 18.2 Å². The van der Waals surface area contributed by atoms with Gasteiger partial charge >= 0.3 is 6.09 Å². The zero-order valence-electron chi connectivity index (χ0n) is 16.8. The third kappa shape index (κ3) is 5.99. The minimum absolute atomic E-state index is 0.313. The van der Waals surface area contributed by atoms with Crippen LogP contribution in [-0.4, -0.2) is 28.9 Å². The number of pyridine rings is 1. The van der Waals surface area contributed by atoms with Crippen LogP contribution in [0.1, 0.15) is 58.8 Å². The van der Waals surface area contributed by atoms with Crippen LogP contribution in [0.2, 0.25) is 0 Å². The van der Waals surface area contributed by atoms with Crippen LogP contribution in [0.15, 0.2) is 30.3 Å². The van der Waals surface area contributed by atoms with Gasteiger partial charge in [0, 0.05) is 5.39 Å². The molecule has 0 fully saturated rings. The topological polar surface area (TPSA) is 60.5 Å². The van der Waals surface area contributed by atoms with Crippen molar-refractivity contribution in [1.82, 2.24) is 10.3 Å². The van der Waals surface area contributed by atoms with E-state index in [1.54, 1.807) is 0 Å². The monoisotopic (exact) mass is 358 g/mol. The van der Waals surface area contributed by atoms with E-state index in [4.69, 9.17) is 14.5 Å². The van der Waals surface area contributed by atoms with Crippen LogP contribution in [-0.2, 0) is 9.47 Å². The highest BCUT2D eigenvalue weighted by atomic mass is 16.6. The number of carbonyl (C=O) groups is 1. The number of aryl methyl sites for hydroxylation is 1. The van der Waals surface area contributed by atoms with Gasteiger partial charge in [-0.3, -0.25) is 4.98 Å². The summed E-state index contributed by atoms with van der Waals surface area (Å²) < 4.78 is 11.3. The van der Waals surface area contributed by atoms with Crippen molar-refractivity contribution in [3.05, 3.63) is 41.6 Å². The smallest absolute Gasteiger partial charge is 0.408 e. The average molecular weight is 358 g/mol. The summed E-state index contributed by atoms with van der Waals surface area (Å²) in [5.41, 5.74) is 1.88. The fourth-order valence-corrected chi connectivity index (χ4v) is 2.54. The molecule has 0 spiro atoms. The first-order chi connectivity index (χ1) is 11.9. The number of carbonyl (C=O) groups excluding carboxylic acids is 1. The summed E-state index contributed by atoms with van der Waals surface area (Å²) in [5.74, 6) is 0. The number of alkyl carbamates (subject to hydrolysis) is 1. The van der Waals surface area contributed by atoms with Crippen molar-refractivity contribution in [3.63, 3.8) is 0 Å². The Morgan fingerprint density at radius 3 is 2.38 bits per heavy atom. The molecule has 0 aliphatic heterocycles. The molecule has 5 nitrogen and oxygen atoms in total. The molecule has 1 aromatic carbocycles. The van der Waals surface area contributed by atoms with Crippen molar-refractivity contribution < 1.29 is 14.3 Å². The van der Waals surface area contributed by atoms with E-state index in [0.717, 1.165) is 22.2 Å². The second-order valence-electron chi connectivity index (χ2n) is 8.50. The van der Waals surface area contributed by atoms with E-state index in [1.807, 2.05) is 78.8 Å². The molecule has 0 saturated heterocycles. The van der Waals surface area contributed by atoms with Gasteiger partial charge in [-0.25, -0.2) is 4.79 Å². The number of rotatable bonds is 4. The third-order valence-corrected chi connectivity index (χ3v) is 3.67. The molecular formula is C21H30N2O3. The molecule has 0 bridgehead atoms. The molecule has 2 aromatic rings. The van der Waals surface area contributed by atoms with Crippen molar-refractivity contribution in [2.45, 2.75) is 65.7 Å². The van der Waals surface area contributed by atoms with Crippen LogP contribution in [0.4, 0.5) is 4.79 Å². The van der Waals surface area contributed by atoms with Gasteiger partial charge in [0.15, 0.2) is 0 Å². The summed E-state index contributed by atoms with van der Waals surface area (Å²) in [6.07, 6.45) is -0.479. The molecule has 1 N–H and O–H groups in total. The Hall–Kier alpha value is -2.14. The maximum atomic E-state index is 12.3. The number of ether oxygens (including phenoxy) is 2. The van der Waals surface area contributed by atoms with Crippen molar-refractivity contribution in [1.29, 1.82) is 0 Å². The zero-order chi connectivity index (χ0) is 19.5. The summed E-state index contributed by atoms with van der Waals surface area (Å²) in [6, 6.07) is 9.57. The summed E-state index contributed by atoms with van der Waals surface area (Å²) >= 11 is 0.